The number of alkyl halides is 3. The summed E-state index contributed by atoms with van der Waals surface area (Å²) in [5.41, 5.74) is 5.61. The third-order valence-corrected chi connectivity index (χ3v) is 3.52. The van der Waals surface area contributed by atoms with Crippen LogP contribution in [0.1, 0.15) is 23.8 Å². The summed E-state index contributed by atoms with van der Waals surface area (Å²) in [6.07, 6.45) is -5.01. The zero-order valence-corrected chi connectivity index (χ0v) is 10.8. The molecule has 2 N–H and O–H groups in total. The van der Waals surface area contributed by atoms with Crippen LogP contribution in [-0.2, 0) is 0 Å². The zero-order valence-electron chi connectivity index (χ0n) is 7.55. The van der Waals surface area contributed by atoms with Crippen molar-refractivity contribution in [3.63, 3.8) is 0 Å². The van der Waals surface area contributed by atoms with E-state index in [-0.39, 0.29) is 18.8 Å². The largest absolute Gasteiger partial charge is 0.389 e. The zero-order chi connectivity index (χ0) is 10.8. The topological polar surface area (TPSA) is 26.0 Å². The molecule has 1 aromatic rings. The quantitative estimate of drug-likeness (QED) is 0.882. The number of nitrogens with two attached hydrogens (primary N) is 1. The summed E-state index contributed by atoms with van der Waals surface area (Å²) in [6.45, 7) is 0. The van der Waals surface area contributed by atoms with E-state index in [9.17, 15) is 13.2 Å². The summed E-state index contributed by atoms with van der Waals surface area (Å²) in [7, 11) is 0. The molecule has 0 radical (unpaired) electrons. The molecule has 0 aliphatic carbocycles. The van der Waals surface area contributed by atoms with Crippen molar-refractivity contribution < 1.29 is 13.2 Å². The van der Waals surface area contributed by atoms with E-state index in [4.69, 9.17) is 5.73 Å². The highest BCUT2D eigenvalue weighted by molar-refractivity contribution is 9.10. The molecule has 0 aliphatic heterocycles. The lowest BCUT2D eigenvalue weighted by molar-refractivity contribution is -0.136. The second-order valence-electron chi connectivity index (χ2n) is 2.93. The molecule has 0 saturated carbocycles. The number of halogens is 5. The standard InChI is InChI=1S/C8H9BrF3NS.ClH/c9-5-3-7(14-4-5)6(13)1-2-8(10,11)12;/h3-4,6H,1-2,13H2;1H/t6-;/m0./s1. The van der Waals surface area contributed by atoms with Gasteiger partial charge in [0.2, 0.25) is 0 Å². The fourth-order valence-corrected chi connectivity index (χ4v) is 2.47. The third-order valence-electron chi connectivity index (χ3n) is 1.69. The monoisotopic (exact) mass is 323 g/mol. The Labute approximate surface area is 104 Å². The Morgan fingerprint density at radius 2 is 2.07 bits per heavy atom. The lowest BCUT2D eigenvalue weighted by Gasteiger charge is -2.11. The molecule has 1 atom stereocenters. The summed E-state index contributed by atoms with van der Waals surface area (Å²) >= 11 is 4.59. The molecule has 0 fully saturated rings. The molecule has 0 aliphatic rings. The van der Waals surface area contributed by atoms with Gasteiger partial charge in [0.05, 0.1) is 0 Å². The molecule has 15 heavy (non-hydrogen) atoms. The van der Waals surface area contributed by atoms with Gasteiger partial charge >= 0.3 is 6.18 Å². The molecule has 0 spiro atoms. The molecule has 0 aromatic carbocycles. The van der Waals surface area contributed by atoms with Crippen molar-refractivity contribution in [3.8, 4) is 0 Å². The first-order valence-corrected chi connectivity index (χ1v) is 5.62. The highest BCUT2D eigenvalue weighted by atomic mass is 79.9. The average molecular weight is 325 g/mol. The Morgan fingerprint density at radius 3 is 2.47 bits per heavy atom. The van der Waals surface area contributed by atoms with Crippen LogP contribution < -0.4 is 5.73 Å². The third kappa shape index (κ3) is 5.75. The molecular formula is C8H10BrClF3NS. The number of thiophene rings is 1. The second-order valence-corrected chi connectivity index (χ2v) is 4.79. The first-order valence-electron chi connectivity index (χ1n) is 3.95. The predicted molar refractivity (Wildman–Crippen MR) is 61.5 cm³/mol. The molecule has 7 heteroatoms. The molecule has 1 aromatic heterocycles. The van der Waals surface area contributed by atoms with Crippen LogP contribution in [0.4, 0.5) is 13.2 Å². The van der Waals surface area contributed by atoms with E-state index >= 15 is 0 Å². The highest BCUT2D eigenvalue weighted by Gasteiger charge is 2.28. The van der Waals surface area contributed by atoms with Gasteiger partial charge in [-0.25, -0.2) is 0 Å². The Morgan fingerprint density at radius 1 is 1.47 bits per heavy atom. The van der Waals surface area contributed by atoms with Crippen LogP contribution in [0.25, 0.3) is 0 Å². The minimum Gasteiger partial charge on any atom is -0.323 e. The molecular weight excluding hydrogens is 315 g/mol. The predicted octanol–water partition coefficient (Wildman–Crippen LogP) is 4.27. The fraction of sp³-hybridized carbons (Fsp3) is 0.500. The van der Waals surface area contributed by atoms with E-state index in [1.165, 1.54) is 11.3 Å². The maximum absolute atomic E-state index is 11.9. The van der Waals surface area contributed by atoms with Crippen LogP contribution in [0.15, 0.2) is 15.9 Å². The van der Waals surface area contributed by atoms with E-state index in [1.807, 2.05) is 5.38 Å². The highest BCUT2D eigenvalue weighted by Crippen LogP contribution is 2.30. The summed E-state index contributed by atoms with van der Waals surface area (Å²) in [5.74, 6) is 0. The van der Waals surface area contributed by atoms with Crippen LogP contribution in [0.5, 0.6) is 0 Å². The summed E-state index contributed by atoms with van der Waals surface area (Å²) in [5, 5.41) is 1.81. The van der Waals surface area contributed by atoms with Crippen molar-refractivity contribution in [2.24, 2.45) is 5.73 Å². The lowest BCUT2D eigenvalue weighted by atomic mass is 10.1. The summed E-state index contributed by atoms with van der Waals surface area (Å²) in [6, 6.07) is 1.24. The smallest absolute Gasteiger partial charge is 0.323 e. The van der Waals surface area contributed by atoms with E-state index in [2.05, 4.69) is 15.9 Å². The first-order chi connectivity index (χ1) is 6.38. The Bertz CT molecular complexity index is 302. The van der Waals surface area contributed by atoms with Gasteiger partial charge < -0.3 is 5.73 Å². The van der Waals surface area contributed by atoms with Crippen LogP contribution in [0.2, 0.25) is 0 Å². The molecule has 0 unspecified atom stereocenters. The van der Waals surface area contributed by atoms with Crippen molar-refractivity contribution in [1.82, 2.24) is 0 Å². The van der Waals surface area contributed by atoms with Crippen molar-refractivity contribution in [3.05, 3.63) is 20.8 Å². The van der Waals surface area contributed by atoms with Gasteiger partial charge in [-0.15, -0.1) is 23.7 Å². The molecule has 0 amide bonds. The Balaban J connectivity index is 0.00000196. The molecule has 0 saturated heterocycles. The van der Waals surface area contributed by atoms with Gasteiger partial charge in [0.1, 0.15) is 0 Å². The number of hydrogen-bond acceptors (Lipinski definition) is 2. The Kier molecular flexibility index (Phi) is 6.17. The van der Waals surface area contributed by atoms with Crippen LogP contribution in [-0.4, -0.2) is 6.18 Å². The molecule has 88 valence electrons. The van der Waals surface area contributed by atoms with Gasteiger partial charge in [0, 0.05) is 27.2 Å². The van der Waals surface area contributed by atoms with Crippen LogP contribution in [0.3, 0.4) is 0 Å². The normalized spacial score (nSPS) is 13.4. The lowest BCUT2D eigenvalue weighted by Crippen LogP contribution is -2.14. The van der Waals surface area contributed by atoms with Gasteiger partial charge in [-0.1, -0.05) is 0 Å². The van der Waals surface area contributed by atoms with E-state index in [0.717, 1.165) is 9.35 Å². The van der Waals surface area contributed by atoms with Gasteiger partial charge in [-0.05, 0) is 28.4 Å². The maximum atomic E-state index is 11.9. The van der Waals surface area contributed by atoms with E-state index in [0.29, 0.717) is 0 Å². The first kappa shape index (κ1) is 15.2. The molecule has 1 heterocycles. The van der Waals surface area contributed by atoms with E-state index < -0.39 is 18.6 Å². The van der Waals surface area contributed by atoms with E-state index in [1.54, 1.807) is 6.07 Å². The maximum Gasteiger partial charge on any atom is 0.389 e. The fourth-order valence-electron chi connectivity index (χ4n) is 0.984. The molecule has 0 bridgehead atoms. The second kappa shape index (κ2) is 6.08. The minimum atomic E-state index is -4.12. The number of hydrogen-bond donors (Lipinski definition) is 1. The van der Waals surface area contributed by atoms with Crippen molar-refractivity contribution >= 4 is 39.7 Å². The van der Waals surface area contributed by atoms with Gasteiger partial charge in [0.15, 0.2) is 0 Å². The van der Waals surface area contributed by atoms with Crippen LogP contribution in [0, 0.1) is 0 Å². The van der Waals surface area contributed by atoms with Gasteiger partial charge in [-0.3, -0.25) is 0 Å². The van der Waals surface area contributed by atoms with Gasteiger partial charge in [-0.2, -0.15) is 13.2 Å². The van der Waals surface area contributed by atoms with Gasteiger partial charge in [0.25, 0.3) is 0 Å². The molecule has 1 nitrogen and oxygen atoms in total. The van der Waals surface area contributed by atoms with Crippen LogP contribution >= 0.6 is 39.7 Å². The molecule has 1 rings (SSSR count). The summed E-state index contributed by atoms with van der Waals surface area (Å²) in [4.78, 5) is 0.779. The average Bonchev–Trinajstić information content (AvgIpc) is 2.46. The van der Waals surface area contributed by atoms with Crippen molar-refractivity contribution in [2.45, 2.75) is 25.1 Å². The SMILES string of the molecule is Cl.N[C@@H](CCC(F)(F)F)c1cc(Br)cs1. The van der Waals surface area contributed by atoms with Crippen molar-refractivity contribution in [2.75, 3.05) is 0 Å². The summed E-state index contributed by atoms with van der Waals surface area (Å²) < 4.78 is 36.5. The minimum absolute atomic E-state index is 0. The van der Waals surface area contributed by atoms with Crippen molar-refractivity contribution in [1.29, 1.82) is 0 Å². The Hall–Kier alpha value is 0.220. The number of rotatable bonds is 3.